The number of Topliss-reactive ketones (excluding diaryl/α,β-unsaturated/α-hetero) is 1. The minimum absolute atomic E-state index is 0.301. The van der Waals surface area contributed by atoms with E-state index in [4.69, 9.17) is 4.74 Å². The predicted octanol–water partition coefficient (Wildman–Crippen LogP) is 3.73. The molecule has 17 heavy (non-hydrogen) atoms. The molecule has 1 heterocycles. The summed E-state index contributed by atoms with van der Waals surface area (Å²) in [7, 11) is 0. The Balaban J connectivity index is 1.83. The van der Waals surface area contributed by atoms with E-state index in [-0.39, 0.29) is 0 Å². The number of rotatable bonds is 4. The van der Waals surface area contributed by atoms with Crippen LogP contribution in [0.3, 0.4) is 0 Å². The molecule has 2 nitrogen and oxygen atoms in total. The first-order valence-electron chi connectivity index (χ1n) is 7.37. The molecule has 2 heteroatoms. The van der Waals surface area contributed by atoms with Crippen LogP contribution in [0.4, 0.5) is 0 Å². The van der Waals surface area contributed by atoms with Gasteiger partial charge in [0.1, 0.15) is 5.78 Å². The lowest BCUT2D eigenvalue weighted by Crippen LogP contribution is -2.28. The first-order chi connectivity index (χ1) is 8.19. The fraction of sp³-hybridized carbons (Fsp3) is 0.933. The van der Waals surface area contributed by atoms with E-state index < -0.39 is 0 Å². The van der Waals surface area contributed by atoms with Crippen molar-refractivity contribution >= 4 is 5.78 Å². The third kappa shape index (κ3) is 3.54. The number of ether oxygens (including phenoxy) is 1. The van der Waals surface area contributed by atoms with Crippen molar-refractivity contribution in [1.29, 1.82) is 0 Å². The van der Waals surface area contributed by atoms with Gasteiger partial charge in [-0.25, -0.2) is 0 Å². The highest BCUT2D eigenvalue weighted by molar-refractivity contribution is 5.81. The zero-order chi connectivity index (χ0) is 12.3. The van der Waals surface area contributed by atoms with Crippen LogP contribution in [0.1, 0.15) is 65.2 Å². The van der Waals surface area contributed by atoms with Gasteiger partial charge in [0.2, 0.25) is 0 Å². The summed E-state index contributed by atoms with van der Waals surface area (Å²) in [5.74, 6) is 1.60. The van der Waals surface area contributed by atoms with E-state index in [2.05, 4.69) is 13.8 Å². The van der Waals surface area contributed by atoms with Crippen molar-refractivity contribution in [3.8, 4) is 0 Å². The third-order valence-corrected chi connectivity index (χ3v) is 4.44. The molecule has 0 spiro atoms. The van der Waals surface area contributed by atoms with E-state index in [9.17, 15) is 4.79 Å². The quantitative estimate of drug-likeness (QED) is 0.746. The van der Waals surface area contributed by atoms with Crippen molar-refractivity contribution in [3.05, 3.63) is 0 Å². The molecule has 4 atom stereocenters. The van der Waals surface area contributed by atoms with Crippen molar-refractivity contribution in [2.75, 3.05) is 0 Å². The third-order valence-electron chi connectivity index (χ3n) is 4.44. The minimum atomic E-state index is 0.301. The zero-order valence-electron chi connectivity index (χ0n) is 11.3. The lowest BCUT2D eigenvalue weighted by molar-refractivity contribution is -0.127. The summed E-state index contributed by atoms with van der Waals surface area (Å²) >= 11 is 0. The molecule has 2 fully saturated rings. The second kappa shape index (κ2) is 5.99. The summed E-state index contributed by atoms with van der Waals surface area (Å²) in [6, 6.07) is 0. The monoisotopic (exact) mass is 238 g/mol. The maximum Gasteiger partial charge on any atom is 0.136 e. The van der Waals surface area contributed by atoms with Gasteiger partial charge in [0.25, 0.3) is 0 Å². The van der Waals surface area contributed by atoms with Crippen LogP contribution in [-0.4, -0.2) is 18.0 Å². The van der Waals surface area contributed by atoms with Gasteiger partial charge in [-0.05, 0) is 44.9 Å². The van der Waals surface area contributed by atoms with E-state index in [1.807, 2.05) is 0 Å². The van der Waals surface area contributed by atoms with Crippen molar-refractivity contribution < 1.29 is 9.53 Å². The SMILES string of the molecule is CCCC1CCC(=O)C(CC2CCC(C)O2)C1. The molecule has 0 N–H and O–H groups in total. The van der Waals surface area contributed by atoms with Crippen molar-refractivity contribution in [2.24, 2.45) is 11.8 Å². The van der Waals surface area contributed by atoms with Crippen molar-refractivity contribution in [1.82, 2.24) is 0 Å². The van der Waals surface area contributed by atoms with Crippen LogP contribution in [0, 0.1) is 11.8 Å². The van der Waals surface area contributed by atoms with Gasteiger partial charge < -0.3 is 4.74 Å². The molecule has 1 saturated heterocycles. The van der Waals surface area contributed by atoms with E-state index in [1.54, 1.807) is 0 Å². The number of carbonyl (C=O) groups is 1. The van der Waals surface area contributed by atoms with E-state index in [0.717, 1.165) is 38.0 Å². The fourth-order valence-electron chi connectivity index (χ4n) is 3.48. The molecule has 1 aliphatic heterocycles. The normalized spacial score (nSPS) is 38.6. The fourth-order valence-corrected chi connectivity index (χ4v) is 3.48. The van der Waals surface area contributed by atoms with Crippen molar-refractivity contribution in [2.45, 2.75) is 77.4 Å². The highest BCUT2D eigenvalue weighted by Gasteiger charge is 2.32. The summed E-state index contributed by atoms with van der Waals surface area (Å²) in [5, 5.41) is 0. The lowest BCUT2D eigenvalue weighted by atomic mass is 9.76. The molecule has 1 aliphatic carbocycles. The van der Waals surface area contributed by atoms with Crippen LogP contribution in [0.25, 0.3) is 0 Å². The number of hydrogen-bond acceptors (Lipinski definition) is 2. The largest absolute Gasteiger partial charge is 0.375 e. The van der Waals surface area contributed by atoms with Crippen LogP contribution in [0.2, 0.25) is 0 Å². The zero-order valence-corrected chi connectivity index (χ0v) is 11.3. The molecular formula is C15H26O2. The smallest absolute Gasteiger partial charge is 0.136 e. The number of carbonyl (C=O) groups excluding carboxylic acids is 1. The topological polar surface area (TPSA) is 26.3 Å². The Bertz CT molecular complexity index is 262. The summed E-state index contributed by atoms with van der Waals surface area (Å²) in [4.78, 5) is 12.0. The summed E-state index contributed by atoms with van der Waals surface area (Å²) in [6.07, 6.45) is 9.71. The number of ketones is 1. The van der Waals surface area contributed by atoms with Crippen LogP contribution >= 0.6 is 0 Å². The van der Waals surface area contributed by atoms with Crippen LogP contribution in [0.5, 0.6) is 0 Å². The van der Waals surface area contributed by atoms with Crippen LogP contribution < -0.4 is 0 Å². The Morgan fingerprint density at radius 1 is 1.29 bits per heavy atom. The first kappa shape index (κ1) is 13.1. The molecule has 98 valence electrons. The average Bonchev–Trinajstić information content (AvgIpc) is 2.69. The Kier molecular flexibility index (Phi) is 4.61. The van der Waals surface area contributed by atoms with Gasteiger partial charge >= 0.3 is 0 Å². The molecule has 1 saturated carbocycles. The molecule has 0 aromatic rings. The molecule has 2 rings (SSSR count). The maximum atomic E-state index is 12.0. The summed E-state index contributed by atoms with van der Waals surface area (Å²) < 4.78 is 5.86. The molecule has 4 unspecified atom stereocenters. The highest BCUT2D eigenvalue weighted by atomic mass is 16.5. The van der Waals surface area contributed by atoms with Gasteiger partial charge in [-0.15, -0.1) is 0 Å². The predicted molar refractivity (Wildman–Crippen MR) is 68.9 cm³/mol. The molecule has 0 radical (unpaired) electrons. The van der Waals surface area contributed by atoms with Gasteiger partial charge in [0.05, 0.1) is 12.2 Å². The van der Waals surface area contributed by atoms with Crippen LogP contribution in [0.15, 0.2) is 0 Å². The Morgan fingerprint density at radius 2 is 2.12 bits per heavy atom. The Labute approximate surface area is 105 Å². The van der Waals surface area contributed by atoms with Gasteiger partial charge in [0, 0.05) is 12.3 Å². The molecule has 0 amide bonds. The second-order valence-corrected chi connectivity index (χ2v) is 5.97. The molecular weight excluding hydrogens is 212 g/mol. The van der Waals surface area contributed by atoms with Gasteiger partial charge in [-0.1, -0.05) is 19.8 Å². The summed E-state index contributed by atoms with van der Waals surface area (Å²) in [6.45, 7) is 4.38. The van der Waals surface area contributed by atoms with Crippen molar-refractivity contribution in [3.63, 3.8) is 0 Å². The Hall–Kier alpha value is -0.370. The molecule has 2 aliphatic rings. The second-order valence-electron chi connectivity index (χ2n) is 5.97. The highest BCUT2D eigenvalue weighted by Crippen LogP contribution is 2.34. The standard InChI is InChI=1S/C15H26O2/c1-3-4-12-6-8-15(16)13(9-12)10-14-7-5-11(2)17-14/h11-14H,3-10H2,1-2H3. The van der Waals surface area contributed by atoms with E-state index in [1.165, 1.54) is 19.3 Å². The van der Waals surface area contributed by atoms with E-state index >= 15 is 0 Å². The van der Waals surface area contributed by atoms with Gasteiger partial charge in [0.15, 0.2) is 0 Å². The maximum absolute atomic E-state index is 12.0. The average molecular weight is 238 g/mol. The van der Waals surface area contributed by atoms with Gasteiger partial charge in [-0.3, -0.25) is 4.79 Å². The lowest BCUT2D eigenvalue weighted by Gasteiger charge is -2.29. The van der Waals surface area contributed by atoms with Gasteiger partial charge in [-0.2, -0.15) is 0 Å². The molecule has 0 aromatic carbocycles. The molecule has 0 aromatic heterocycles. The Morgan fingerprint density at radius 3 is 2.76 bits per heavy atom. The first-order valence-corrected chi connectivity index (χ1v) is 7.37. The van der Waals surface area contributed by atoms with Crippen LogP contribution in [-0.2, 0) is 9.53 Å². The van der Waals surface area contributed by atoms with E-state index in [0.29, 0.717) is 23.9 Å². The number of hydrogen-bond donors (Lipinski definition) is 0. The summed E-state index contributed by atoms with van der Waals surface area (Å²) in [5.41, 5.74) is 0. The minimum Gasteiger partial charge on any atom is -0.375 e. The molecule has 0 bridgehead atoms.